The van der Waals surface area contributed by atoms with Crippen LogP contribution in [0, 0.1) is 0 Å². The van der Waals surface area contributed by atoms with Crippen LogP contribution in [0.1, 0.15) is 32.3 Å². The monoisotopic (exact) mass is 313 g/mol. The molecule has 0 aliphatic rings. The Morgan fingerprint density at radius 2 is 1.70 bits per heavy atom. The smallest absolute Gasteiger partial charge is 0.262 e. The van der Waals surface area contributed by atoms with Gasteiger partial charge < -0.3 is 14.8 Å². The zero-order valence-electron chi connectivity index (χ0n) is 13.8. The van der Waals surface area contributed by atoms with Crippen LogP contribution < -0.4 is 14.8 Å². The number of ether oxygens (including phenoxy) is 2. The van der Waals surface area contributed by atoms with Crippen molar-refractivity contribution >= 4 is 11.6 Å². The van der Waals surface area contributed by atoms with Gasteiger partial charge in [0.1, 0.15) is 11.5 Å². The molecule has 0 atom stereocenters. The fourth-order valence-electron chi connectivity index (χ4n) is 2.12. The maximum Gasteiger partial charge on any atom is 0.262 e. The molecule has 0 fully saturated rings. The van der Waals surface area contributed by atoms with Crippen LogP contribution >= 0.6 is 0 Å². The average molecular weight is 313 g/mol. The van der Waals surface area contributed by atoms with E-state index in [1.54, 1.807) is 12.1 Å². The molecule has 2 aromatic rings. The third-order valence-corrected chi connectivity index (χ3v) is 3.34. The van der Waals surface area contributed by atoms with Gasteiger partial charge in [-0.05, 0) is 54.8 Å². The maximum atomic E-state index is 12.0. The summed E-state index contributed by atoms with van der Waals surface area (Å²) in [6, 6.07) is 15.1. The molecule has 2 rings (SSSR count). The van der Waals surface area contributed by atoms with E-state index in [4.69, 9.17) is 9.47 Å². The zero-order valence-corrected chi connectivity index (χ0v) is 13.8. The van der Waals surface area contributed by atoms with E-state index in [1.165, 1.54) is 5.56 Å². The van der Waals surface area contributed by atoms with Gasteiger partial charge in [0.25, 0.3) is 5.91 Å². The number of amides is 1. The summed E-state index contributed by atoms with van der Waals surface area (Å²) >= 11 is 0. The summed E-state index contributed by atoms with van der Waals surface area (Å²) in [6.45, 7) is 6.77. The minimum atomic E-state index is -0.181. The lowest BCUT2D eigenvalue weighted by Gasteiger charge is -2.10. The van der Waals surface area contributed by atoms with Crippen molar-refractivity contribution in [3.05, 3.63) is 54.1 Å². The van der Waals surface area contributed by atoms with E-state index in [0.29, 0.717) is 18.3 Å². The SMILES string of the molecule is CCOc1ccc(OCC(=O)Nc2cccc(C(C)C)c2)cc1. The molecule has 0 saturated carbocycles. The molecule has 1 N–H and O–H groups in total. The van der Waals surface area contributed by atoms with Gasteiger partial charge in [0.15, 0.2) is 6.61 Å². The summed E-state index contributed by atoms with van der Waals surface area (Å²) in [5.41, 5.74) is 1.98. The summed E-state index contributed by atoms with van der Waals surface area (Å²) in [7, 11) is 0. The minimum Gasteiger partial charge on any atom is -0.494 e. The molecule has 1 amide bonds. The first-order chi connectivity index (χ1) is 11.1. The number of rotatable bonds is 7. The largest absolute Gasteiger partial charge is 0.494 e. The number of carbonyl (C=O) groups is 1. The molecule has 0 saturated heterocycles. The Hall–Kier alpha value is -2.49. The molecule has 0 aliphatic carbocycles. The van der Waals surface area contributed by atoms with Crippen LogP contribution in [0.5, 0.6) is 11.5 Å². The van der Waals surface area contributed by atoms with Crippen molar-refractivity contribution in [2.75, 3.05) is 18.5 Å². The van der Waals surface area contributed by atoms with Gasteiger partial charge in [-0.15, -0.1) is 0 Å². The van der Waals surface area contributed by atoms with Crippen LogP contribution in [0.2, 0.25) is 0 Å². The van der Waals surface area contributed by atoms with Gasteiger partial charge in [-0.2, -0.15) is 0 Å². The Labute approximate surface area is 137 Å². The van der Waals surface area contributed by atoms with Gasteiger partial charge in [-0.3, -0.25) is 4.79 Å². The fraction of sp³-hybridized carbons (Fsp3) is 0.316. The molecule has 0 radical (unpaired) electrons. The highest BCUT2D eigenvalue weighted by Gasteiger charge is 2.06. The lowest BCUT2D eigenvalue weighted by molar-refractivity contribution is -0.118. The van der Waals surface area contributed by atoms with Crippen molar-refractivity contribution in [1.82, 2.24) is 0 Å². The van der Waals surface area contributed by atoms with Crippen LogP contribution in [0.25, 0.3) is 0 Å². The van der Waals surface area contributed by atoms with E-state index in [9.17, 15) is 4.79 Å². The molecule has 0 spiro atoms. The standard InChI is InChI=1S/C19H23NO3/c1-4-22-17-8-10-18(11-9-17)23-13-19(21)20-16-7-5-6-15(12-16)14(2)3/h5-12,14H,4,13H2,1-3H3,(H,20,21). The van der Waals surface area contributed by atoms with E-state index in [2.05, 4.69) is 25.2 Å². The van der Waals surface area contributed by atoms with E-state index in [0.717, 1.165) is 11.4 Å². The molecule has 23 heavy (non-hydrogen) atoms. The first-order valence-corrected chi connectivity index (χ1v) is 7.84. The van der Waals surface area contributed by atoms with Crippen LogP contribution in [-0.2, 0) is 4.79 Å². The van der Waals surface area contributed by atoms with Crippen molar-refractivity contribution < 1.29 is 14.3 Å². The molecule has 122 valence electrons. The molecule has 2 aromatic carbocycles. The first-order valence-electron chi connectivity index (χ1n) is 7.84. The molecule has 0 heterocycles. The van der Waals surface area contributed by atoms with E-state index >= 15 is 0 Å². The quantitative estimate of drug-likeness (QED) is 0.832. The summed E-state index contributed by atoms with van der Waals surface area (Å²) < 4.78 is 10.8. The molecule has 0 unspecified atom stereocenters. The number of hydrogen-bond acceptors (Lipinski definition) is 3. The minimum absolute atomic E-state index is 0.0279. The van der Waals surface area contributed by atoms with Crippen LogP contribution in [0.15, 0.2) is 48.5 Å². The topological polar surface area (TPSA) is 47.6 Å². The van der Waals surface area contributed by atoms with Gasteiger partial charge in [0.05, 0.1) is 6.61 Å². The molecule has 4 heteroatoms. The maximum absolute atomic E-state index is 12.0. The van der Waals surface area contributed by atoms with Gasteiger partial charge in [-0.25, -0.2) is 0 Å². The highest BCUT2D eigenvalue weighted by atomic mass is 16.5. The number of nitrogens with one attached hydrogen (secondary N) is 1. The fourth-order valence-corrected chi connectivity index (χ4v) is 2.12. The van der Waals surface area contributed by atoms with Crippen molar-refractivity contribution in [1.29, 1.82) is 0 Å². The average Bonchev–Trinajstić information content (AvgIpc) is 2.55. The lowest BCUT2D eigenvalue weighted by Crippen LogP contribution is -2.20. The summed E-state index contributed by atoms with van der Waals surface area (Å²) in [6.07, 6.45) is 0. The molecule has 4 nitrogen and oxygen atoms in total. The van der Waals surface area contributed by atoms with E-state index in [-0.39, 0.29) is 12.5 Å². The Bertz CT molecular complexity index is 635. The summed E-state index contributed by atoms with van der Waals surface area (Å²) in [4.78, 5) is 12.0. The number of anilines is 1. The first kappa shape index (κ1) is 16.9. The molecular weight excluding hydrogens is 290 g/mol. The van der Waals surface area contributed by atoms with Crippen LogP contribution in [0.3, 0.4) is 0 Å². The van der Waals surface area contributed by atoms with Gasteiger partial charge in [0.2, 0.25) is 0 Å². The third-order valence-electron chi connectivity index (χ3n) is 3.34. The van der Waals surface area contributed by atoms with Crippen LogP contribution in [0.4, 0.5) is 5.69 Å². The molecule has 0 bridgehead atoms. The Morgan fingerprint density at radius 3 is 2.30 bits per heavy atom. The number of carbonyl (C=O) groups excluding carboxylic acids is 1. The normalized spacial score (nSPS) is 10.4. The lowest BCUT2D eigenvalue weighted by atomic mass is 10.0. The third kappa shape index (κ3) is 5.33. The molecular formula is C19H23NO3. The highest BCUT2D eigenvalue weighted by molar-refractivity contribution is 5.91. The second-order valence-electron chi connectivity index (χ2n) is 5.52. The van der Waals surface area contributed by atoms with Crippen molar-refractivity contribution in [2.45, 2.75) is 26.7 Å². The summed E-state index contributed by atoms with van der Waals surface area (Å²) in [5, 5.41) is 2.85. The highest BCUT2D eigenvalue weighted by Crippen LogP contribution is 2.19. The predicted octanol–water partition coefficient (Wildman–Crippen LogP) is 4.23. The predicted molar refractivity (Wildman–Crippen MR) is 92.3 cm³/mol. The van der Waals surface area contributed by atoms with Crippen molar-refractivity contribution in [2.24, 2.45) is 0 Å². The van der Waals surface area contributed by atoms with E-state index in [1.807, 2.05) is 37.3 Å². The van der Waals surface area contributed by atoms with Crippen molar-refractivity contribution in [3.8, 4) is 11.5 Å². The van der Waals surface area contributed by atoms with Gasteiger partial charge in [0, 0.05) is 5.69 Å². The summed E-state index contributed by atoms with van der Waals surface area (Å²) in [5.74, 6) is 1.67. The number of hydrogen-bond donors (Lipinski definition) is 1. The Balaban J connectivity index is 1.86. The Kier molecular flexibility index (Phi) is 6.03. The van der Waals surface area contributed by atoms with E-state index < -0.39 is 0 Å². The number of benzene rings is 2. The molecule has 0 aromatic heterocycles. The second kappa shape index (κ2) is 8.22. The van der Waals surface area contributed by atoms with Crippen molar-refractivity contribution in [3.63, 3.8) is 0 Å². The molecule has 0 aliphatic heterocycles. The van der Waals surface area contributed by atoms with Crippen LogP contribution in [-0.4, -0.2) is 19.1 Å². The second-order valence-corrected chi connectivity index (χ2v) is 5.52. The van der Waals surface area contributed by atoms with Gasteiger partial charge >= 0.3 is 0 Å². The van der Waals surface area contributed by atoms with Gasteiger partial charge in [-0.1, -0.05) is 26.0 Å². The zero-order chi connectivity index (χ0) is 16.7. The Morgan fingerprint density at radius 1 is 1.04 bits per heavy atom.